The van der Waals surface area contributed by atoms with Gasteiger partial charge in [-0.1, -0.05) is 11.6 Å². The van der Waals surface area contributed by atoms with Crippen molar-refractivity contribution in [1.29, 1.82) is 0 Å². The predicted octanol–water partition coefficient (Wildman–Crippen LogP) is 3.14. The van der Waals surface area contributed by atoms with E-state index in [1.807, 2.05) is 6.08 Å². The number of ketones is 2. The van der Waals surface area contributed by atoms with Gasteiger partial charge in [0.2, 0.25) is 11.8 Å². The van der Waals surface area contributed by atoms with Gasteiger partial charge in [-0.05, 0) is 58.5 Å². The van der Waals surface area contributed by atoms with Crippen molar-refractivity contribution in [3.8, 4) is 11.5 Å². The third-order valence-corrected chi connectivity index (χ3v) is 8.29. The molecule has 2 heterocycles. The number of allylic oxidation sites excluding steroid dienone is 7. The topological polar surface area (TPSA) is 101 Å². The maximum Gasteiger partial charge on any atom is 0.233 e. The Labute approximate surface area is 203 Å². The van der Waals surface area contributed by atoms with Crippen LogP contribution in [0.25, 0.3) is 0 Å². The van der Waals surface area contributed by atoms with Gasteiger partial charge < -0.3 is 9.84 Å². The molecule has 4 atom stereocenters. The van der Waals surface area contributed by atoms with Gasteiger partial charge in [0.1, 0.15) is 11.5 Å². The zero-order chi connectivity index (χ0) is 23.9. The van der Waals surface area contributed by atoms with E-state index >= 15 is 0 Å². The molecule has 1 aromatic rings. The first-order chi connectivity index (χ1) is 16.3. The number of fused-ring (bicyclic) bond motifs is 4. The Balaban J connectivity index is 1.50. The number of aromatic hydroxyl groups is 1. The van der Waals surface area contributed by atoms with Gasteiger partial charge in [0.25, 0.3) is 0 Å². The van der Waals surface area contributed by atoms with Crippen LogP contribution in [-0.2, 0) is 25.6 Å². The quantitative estimate of drug-likeness (QED) is 0.346. The molecule has 0 bridgehead atoms. The highest BCUT2D eigenvalue weighted by molar-refractivity contribution is 9.12. The first-order valence-electron chi connectivity index (χ1n) is 11.1. The number of phenolic OH excluding ortho intramolecular Hbond substituents is 1. The lowest BCUT2D eigenvalue weighted by molar-refractivity contribution is -0.138. The Kier molecular flexibility index (Phi) is 4.61. The second-order valence-corrected chi connectivity index (χ2v) is 10.3. The van der Waals surface area contributed by atoms with Gasteiger partial charge >= 0.3 is 0 Å². The lowest BCUT2D eigenvalue weighted by Gasteiger charge is -2.43. The molecule has 0 radical (unpaired) electrons. The highest BCUT2D eigenvalue weighted by atomic mass is 79.9. The zero-order valence-electron chi connectivity index (χ0n) is 18.2. The minimum atomic E-state index is -0.553. The molecule has 172 valence electrons. The summed E-state index contributed by atoms with van der Waals surface area (Å²) >= 11 is 3.22. The summed E-state index contributed by atoms with van der Waals surface area (Å²) < 4.78 is 6.05. The molecule has 0 unspecified atom stereocenters. The monoisotopic (exact) mass is 521 g/mol. The van der Waals surface area contributed by atoms with Crippen LogP contribution in [0.4, 0.5) is 0 Å². The lowest BCUT2D eigenvalue weighted by Crippen LogP contribution is -2.41. The number of phenols is 1. The van der Waals surface area contributed by atoms with Crippen LogP contribution in [0.2, 0.25) is 0 Å². The summed E-state index contributed by atoms with van der Waals surface area (Å²) in [5.41, 5.74) is 3.25. The number of halogens is 1. The van der Waals surface area contributed by atoms with E-state index in [9.17, 15) is 24.3 Å². The lowest BCUT2D eigenvalue weighted by atomic mass is 9.59. The van der Waals surface area contributed by atoms with Gasteiger partial charge in [-0.2, -0.15) is 0 Å². The highest BCUT2D eigenvalue weighted by Crippen LogP contribution is 2.54. The third kappa shape index (κ3) is 2.87. The molecule has 3 aliphatic carbocycles. The molecular weight excluding hydrogens is 502 g/mol. The molecule has 8 heteroatoms. The number of hydrogen-bond donors (Lipinski definition) is 1. The number of ether oxygens (including phenoxy) is 1. The number of amides is 2. The summed E-state index contributed by atoms with van der Waals surface area (Å²) in [5.74, 6) is -2.10. The van der Waals surface area contributed by atoms with Crippen molar-refractivity contribution in [3.63, 3.8) is 0 Å². The molecule has 0 aromatic heterocycles. The first kappa shape index (κ1) is 21.3. The molecule has 1 N–H and O–H groups in total. The molecule has 0 spiro atoms. The number of benzene rings is 1. The van der Waals surface area contributed by atoms with Crippen LogP contribution in [-0.4, -0.2) is 40.4 Å². The summed E-state index contributed by atoms with van der Waals surface area (Å²) in [6.45, 7) is 0. The van der Waals surface area contributed by atoms with Gasteiger partial charge in [0, 0.05) is 42.2 Å². The van der Waals surface area contributed by atoms with Crippen LogP contribution in [0.3, 0.4) is 0 Å². The third-order valence-electron chi connectivity index (χ3n) is 7.70. The van der Waals surface area contributed by atoms with Gasteiger partial charge in [-0.25, -0.2) is 0 Å². The van der Waals surface area contributed by atoms with Crippen molar-refractivity contribution in [3.05, 3.63) is 69.0 Å². The van der Waals surface area contributed by atoms with Gasteiger partial charge in [0.15, 0.2) is 11.6 Å². The maximum absolute atomic E-state index is 13.2. The summed E-state index contributed by atoms with van der Waals surface area (Å²) in [7, 11) is 1.50. The highest BCUT2D eigenvalue weighted by Gasteiger charge is 2.55. The number of likely N-dealkylation sites (tertiary alicyclic amines) is 1. The van der Waals surface area contributed by atoms with E-state index in [1.54, 1.807) is 24.5 Å². The van der Waals surface area contributed by atoms with Crippen LogP contribution in [0, 0.1) is 23.7 Å². The van der Waals surface area contributed by atoms with E-state index in [0.717, 1.165) is 16.7 Å². The second-order valence-electron chi connectivity index (χ2n) is 9.41. The summed E-state index contributed by atoms with van der Waals surface area (Å²) in [6, 6.07) is 4.86. The molecule has 1 fully saturated rings. The van der Waals surface area contributed by atoms with E-state index in [-0.39, 0.29) is 46.0 Å². The Morgan fingerprint density at radius 2 is 1.91 bits per heavy atom. The van der Waals surface area contributed by atoms with E-state index in [2.05, 4.69) is 15.9 Å². The molecule has 6 rings (SSSR count). The molecule has 1 aromatic carbocycles. The van der Waals surface area contributed by atoms with Crippen molar-refractivity contribution in [1.82, 2.24) is 4.90 Å². The van der Waals surface area contributed by atoms with Crippen LogP contribution < -0.4 is 4.74 Å². The Bertz CT molecular complexity index is 1350. The number of Topliss-reactive ketones (excluding diaryl/α,β-unsaturated/α-hetero) is 1. The fourth-order valence-corrected chi connectivity index (χ4v) is 6.62. The number of hydrogen-bond acceptors (Lipinski definition) is 6. The van der Waals surface area contributed by atoms with Gasteiger partial charge in [-0.15, -0.1) is 0 Å². The van der Waals surface area contributed by atoms with Gasteiger partial charge in [0.05, 0.1) is 22.6 Å². The summed E-state index contributed by atoms with van der Waals surface area (Å²) in [6.07, 6.45) is 5.98. The maximum atomic E-state index is 13.2. The fraction of sp³-hybridized carbons (Fsp3) is 0.308. The van der Waals surface area contributed by atoms with Crippen molar-refractivity contribution in [2.45, 2.75) is 19.3 Å². The van der Waals surface area contributed by atoms with Crippen LogP contribution in [0.5, 0.6) is 11.5 Å². The number of nitrogens with zero attached hydrogens (tertiary/aromatic N) is 1. The second kappa shape index (κ2) is 7.37. The average Bonchev–Trinajstić information content (AvgIpc) is 3.04. The fourth-order valence-electron chi connectivity index (χ4n) is 6.17. The average molecular weight is 522 g/mol. The molecular formula is C26H20BrNO6. The molecule has 2 amide bonds. The van der Waals surface area contributed by atoms with Crippen molar-refractivity contribution >= 4 is 39.3 Å². The smallest absolute Gasteiger partial charge is 0.233 e. The Morgan fingerprint density at radius 3 is 2.71 bits per heavy atom. The SMILES string of the molecule is CN1C(=O)[C@H]2[C@H](CC=C3[C@H](C4=COc5ccc(O)cc5C4)C4=C(C[C@H]32)C(=O)C(Br)=CC4=O)C1=O. The van der Waals surface area contributed by atoms with Crippen molar-refractivity contribution in [2.24, 2.45) is 23.7 Å². The standard InChI is InChI=1S/C26H20BrNO6/c1-28-25(32)15-4-3-14-16(22(15)26(28)33)8-17-23(19(30)9-18(27)24(17)31)21(14)12-6-11-7-13(29)2-5-20(11)34-10-12/h2-3,5,7,9-10,15-16,21-22,29H,4,6,8H2,1H3/t15-,16+,21-,22-/m0/s1. The van der Waals surface area contributed by atoms with Gasteiger partial charge in [-0.3, -0.25) is 24.1 Å². The predicted molar refractivity (Wildman–Crippen MR) is 124 cm³/mol. The molecule has 5 aliphatic rings. The minimum absolute atomic E-state index is 0.110. The first-order valence-corrected chi connectivity index (χ1v) is 11.9. The largest absolute Gasteiger partial charge is 0.508 e. The summed E-state index contributed by atoms with van der Waals surface area (Å²) in [4.78, 5) is 53.4. The Morgan fingerprint density at radius 1 is 1.12 bits per heavy atom. The molecule has 1 saturated heterocycles. The summed E-state index contributed by atoms with van der Waals surface area (Å²) in [5, 5.41) is 9.97. The number of imide groups is 1. The van der Waals surface area contributed by atoms with E-state index in [1.165, 1.54) is 18.0 Å². The number of carbonyl (C=O) groups is 4. The number of carbonyl (C=O) groups excluding carboxylic acids is 4. The van der Waals surface area contributed by atoms with E-state index in [0.29, 0.717) is 29.7 Å². The van der Waals surface area contributed by atoms with Crippen LogP contribution >= 0.6 is 15.9 Å². The Hall–Kier alpha value is -3.26. The van der Waals surface area contributed by atoms with Crippen LogP contribution in [0.15, 0.2) is 63.4 Å². The van der Waals surface area contributed by atoms with E-state index in [4.69, 9.17) is 4.74 Å². The van der Waals surface area contributed by atoms with Crippen molar-refractivity contribution < 1.29 is 29.0 Å². The normalized spacial score (nSPS) is 30.1. The number of rotatable bonds is 1. The molecule has 7 nitrogen and oxygen atoms in total. The molecule has 34 heavy (non-hydrogen) atoms. The minimum Gasteiger partial charge on any atom is -0.508 e. The van der Waals surface area contributed by atoms with E-state index < -0.39 is 17.8 Å². The van der Waals surface area contributed by atoms with Crippen molar-refractivity contribution in [2.75, 3.05) is 7.05 Å². The molecule has 2 aliphatic heterocycles. The zero-order valence-corrected chi connectivity index (χ0v) is 19.8. The molecule has 0 saturated carbocycles. The van der Waals surface area contributed by atoms with Crippen LogP contribution in [0.1, 0.15) is 18.4 Å².